The molecule has 1 aliphatic heterocycles. The summed E-state index contributed by atoms with van der Waals surface area (Å²) >= 11 is 5.64. The Morgan fingerprint density at radius 1 is 1.43 bits per heavy atom. The molecular weight excluding hydrogens is 323 g/mol. The summed E-state index contributed by atoms with van der Waals surface area (Å²) < 4.78 is 18.6. The summed E-state index contributed by atoms with van der Waals surface area (Å²) in [7, 11) is 0. The van der Waals surface area contributed by atoms with Crippen molar-refractivity contribution < 1.29 is 18.4 Å². The van der Waals surface area contributed by atoms with E-state index in [0.29, 0.717) is 18.0 Å². The number of amides is 2. The van der Waals surface area contributed by atoms with Gasteiger partial charge >= 0.3 is 0 Å². The maximum absolute atomic E-state index is 13.5. The summed E-state index contributed by atoms with van der Waals surface area (Å²) in [5, 5.41) is 2.80. The highest BCUT2D eigenvalue weighted by molar-refractivity contribution is 6.30. The van der Waals surface area contributed by atoms with Gasteiger partial charge in [0.25, 0.3) is 0 Å². The molecule has 1 aromatic heterocycles. The lowest BCUT2D eigenvalue weighted by Gasteiger charge is -2.17. The molecule has 0 radical (unpaired) electrons. The molecule has 1 saturated heterocycles. The molecule has 7 heteroatoms. The Balaban J connectivity index is 1.62. The molecule has 2 amide bonds. The third-order valence-corrected chi connectivity index (χ3v) is 3.93. The lowest BCUT2D eigenvalue weighted by molar-refractivity contribution is -0.121. The van der Waals surface area contributed by atoms with Crippen molar-refractivity contribution in [2.24, 2.45) is 0 Å². The van der Waals surface area contributed by atoms with Crippen LogP contribution in [0.2, 0.25) is 5.02 Å². The molecular formula is C16H14ClFN2O3. The quantitative estimate of drug-likeness (QED) is 0.933. The third kappa shape index (κ3) is 3.53. The SMILES string of the molecule is O=C(Cc1ccco1)NC1CC(=O)N(c2ccc(Cl)c(F)c2)C1. The molecule has 23 heavy (non-hydrogen) atoms. The van der Waals surface area contributed by atoms with Gasteiger partial charge in [0.2, 0.25) is 11.8 Å². The van der Waals surface area contributed by atoms with E-state index in [1.807, 2.05) is 0 Å². The van der Waals surface area contributed by atoms with Gasteiger partial charge in [0, 0.05) is 18.7 Å². The van der Waals surface area contributed by atoms with Crippen LogP contribution in [0.15, 0.2) is 41.0 Å². The van der Waals surface area contributed by atoms with Crippen molar-refractivity contribution in [2.45, 2.75) is 18.9 Å². The Bertz CT molecular complexity index is 733. The Morgan fingerprint density at radius 2 is 2.26 bits per heavy atom. The second-order valence-corrected chi connectivity index (χ2v) is 5.73. The van der Waals surface area contributed by atoms with Crippen LogP contribution in [0.25, 0.3) is 0 Å². The minimum absolute atomic E-state index is 0.00342. The number of hydrogen-bond acceptors (Lipinski definition) is 3. The minimum Gasteiger partial charge on any atom is -0.469 e. The largest absolute Gasteiger partial charge is 0.469 e. The van der Waals surface area contributed by atoms with Gasteiger partial charge in [-0.3, -0.25) is 9.59 Å². The fourth-order valence-electron chi connectivity index (χ4n) is 2.56. The van der Waals surface area contributed by atoms with E-state index >= 15 is 0 Å². The summed E-state index contributed by atoms with van der Waals surface area (Å²) in [6.07, 6.45) is 1.79. The highest BCUT2D eigenvalue weighted by Crippen LogP contribution is 2.25. The number of nitrogens with zero attached hydrogens (tertiary/aromatic N) is 1. The van der Waals surface area contributed by atoms with Crippen LogP contribution in [0.5, 0.6) is 0 Å². The molecule has 120 valence electrons. The lowest BCUT2D eigenvalue weighted by atomic mass is 10.2. The van der Waals surface area contributed by atoms with Gasteiger partial charge in [-0.05, 0) is 30.3 Å². The van der Waals surface area contributed by atoms with Crippen molar-refractivity contribution in [3.63, 3.8) is 0 Å². The smallest absolute Gasteiger partial charge is 0.229 e. The monoisotopic (exact) mass is 336 g/mol. The van der Waals surface area contributed by atoms with Crippen LogP contribution < -0.4 is 10.2 Å². The van der Waals surface area contributed by atoms with Gasteiger partial charge in [-0.15, -0.1) is 0 Å². The fraction of sp³-hybridized carbons (Fsp3) is 0.250. The average Bonchev–Trinajstić information content (AvgIpc) is 3.12. The zero-order chi connectivity index (χ0) is 16.4. The van der Waals surface area contributed by atoms with Crippen LogP contribution in [0.3, 0.4) is 0 Å². The molecule has 5 nitrogen and oxygen atoms in total. The first-order valence-corrected chi connectivity index (χ1v) is 7.48. The molecule has 1 unspecified atom stereocenters. The number of hydrogen-bond donors (Lipinski definition) is 1. The first kappa shape index (κ1) is 15.6. The fourth-order valence-corrected chi connectivity index (χ4v) is 2.67. The highest BCUT2D eigenvalue weighted by Gasteiger charge is 2.32. The highest BCUT2D eigenvalue weighted by atomic mass is 35.5. The summed E-state index contributed by atoms with van der Waals surface area (Å²) in [6, 6.07) is 7.30. The standard InChI is InChI=1S/C16H14ClFN2O3/c17-13-4-3-11(7-14(13)18)20-9-10(6-16(20)22)19-15(21)8-12-2-1-5-23-12/h1-5,7,10H,6,8-9H2,(H,19,21). The summed E-state index contributed by atoms with van der Waals surface area (Å²) in [5.74, 6) is -0.414. The van der Waals surface area contributed by atoms with Crippen LogP contribution in [0.1, 0.15) is 12.2 Å². The van der Waals surface area contributed by atoms with Crippen LogP contribution in [-0.2, 0) is 16.0 Å². The molecule has 1 fully saturated rings. The molecule has 0 spiro atoms. The molecule has 1 aromatic carbocycles. The van der Waals surface area contributed by atoms with E-state index < -0.39 is 5.82 Å². The Labute approximate surface area is 137 Å². The van der Waals surface area contributed by atoms with Gasteiger partial charge in [-0.25, -0.2) is 4.39 Å². The zero-order valence-corrected chi connectivity index (χ0v) is 12.8. The van der Waals surface area contributed by atoms with Crippen LogP contribution in [0.4, 0.5) is 10.1 Å². The number of rotatable bonds is 4. The van der Waals surface area contributed by atoms with Gasteiger partial charge in [-0.2, -0.15) is 0 Å². The Morgan fingerprint density at radius 3 is 2.96 bits per heavy atom. The van der Waals surface area contributed by atoms with E-state index in [4.69, 9.17) is 16.0 Å². The van der Waals surface area contributed by atoms with Crippen molar-refractivity contribution in [1.29, 1.82) is 0 Å². The molecule has 2 heterocycles. The lowest BCUT2D eigenvalue weighted by Crippen LogP contribution is -2.38. The van der Waals surface area contributed by atoms with Crippen molar-refractivity contribution in [3.8, 4) is 0 Å². The maximum Gasteiger partial charge on any atom is 0.229 e. The summed E-state index contributed by atoms with van der Waals surface area (Å²) in [6.45, 7) is 0.295. The first-order valence-electron chi connectivity index (χ1n) is 7.10. The van der Waals surface area contributed by atoms with E-state index in [1.54, 1.807) is 18.2 Å². The molecule has 1 aliphatic rings. The summed E-state index contributed by atoms with van der Waals surface area (Å²) in [5.41, 5.74) is 0.430. The molecule has 1 N–H and O–H groups in total. The number of carbonyl (C=O) groups is 2. The molecule has 3 rings (SSSR count). The summed E-state index contributed by atoms with van der Waals surface area (Å²) in [4.78, 5) is 25.5. The van der Waals surface area contributed by atoms with Gasteiger partial charge in [0.1, 0.15) is 11.6 Å². The number of nitrogens with one attached hydrogen (secondary N) is 1. The van der Waals surface area contributed by atoms with Gasteiger partial charge in [0.05, 0.1) is 23.7 Å². The predicted octanol–water partition coefficient (Wildman–Crippen LogP) is 2.54. The topological polar surface area (TPSA) is 62.6 Å². The van der Waals surface area contributed by atoms with E-state index in [1.165, 1.54) is 23.3 Å². The zero-order valence-electron chi connectivity index (χ0n) is 12.1. The van der Waals surface area contributed by atoms with Gasteiger partial charge in [-0.1, -0.05) is 11.6 Å². The number of anilines is 1. The molecule has 0 aliphatic carbocycles. The maximum atomic E-state index is 13.5. The van der Waals surface area contributed by atoms with Crippen molar-refractivity contribution in [3.05, 3.63) is 53.2 Å². The van der Waals surface area contributed by atoms with Crippen LogP contribution in [0, 0.1) is 5.82 Å². The second kappa shape index (κ2) is 6.42. The average molecular weight is 337 g/mol. The minimum atomic E-state index is -0.581. The number of benzene rings is 1. The van der Waals surface area contributed by atoms with Crippen LogP contribution >= 0.6 is 11.6 Å². The van der Waals surface area contributed by atoms with Crippen molar-refractivity contribution >= 4 is 29.1 Å². The Kier molecular flexibility index (Phi) is 4.34. The molecule has 0 bridgehead atoms. The van der Waals surface area contributed by atoms with Gasteiger partial charge in [0.15, 0.2) is 0 Å². The molecule has 0 saturated carbocycles. The normalized spacial score (nSPS) is 17.6. The number of furan rings is 1. The molecule has 2 aromatic rings. The second-order valence-electron chi connectivity index (χ2n) is 5.33. The van der Waals surface area contributed by atoms with Gasteiger partial charge < -0.3 is 14.6 Å². The van der Waals surface area contributed by atoms with E-state index in [9.17, 15) is 14.0 Å². The first-order chi connectivity index (χ1) is 11.0. The third-order valence-electron chi connectivity index (χ3n) is 3.62. The number of halogens is 2. The molecule has 1 atom stereocenters. The number of carbonyl (C=O) groups excluding carboxylic acids is 2. The van der Waals surface area contributed by atoms with Crippen LogP contribution in [-0.4, -0.2) is 24.4 Å². The van der Waals surface area contributed by atoms with E-state index in [-0.39, 0.29) is 35.7 Å². The van der Waals surface area contributed by atoms with E-state index in [2.05, 4.69) is 5.32 Å². The predicted molar refractivity (Wildman–Crippen MR) is 82.7 cm³/mol. The van der Waals surface area contributed by atoms with E-state index in [0.717, 1.165) is 0 Å². The Hall–Kier alpha value is -2.34. The van der Waals surface area contributed by atoms with Crippen molar-refractivity contribution in [2.75, 3.05) is 11.4 Å². The van der Waals surface area contributed by atoms with Crippen molar-refractivity contribution in [1.82, 2.24) is 5.32 Å².